The molecule has 0 saturated carbocycles. The molecule has 2 N–H and O–H groups in total. The van der Waals surface area contributed by atoms with Crippen molar-refractivity contribution >= 4 is 23.2 Å². The van der Waals surface area contributed by atoms with Crippen molar-refractivity contribution in [2.75, 3.05) is 13.1 Å². The van der Waals surface area contributed by atoms with Crippen LogP contribution in [-0.4, -0.2) is 13.1 Å². The molecule has 0 aromatic heterocycles. The molecule has 0 aliphatic rings. The first-order valence-electron chi connectivity index (χ1n) is 14.9. The Hall–Kier alpha value is -4.18. The molecule has 0 aliphatic heterocycles. The second kappa shape index (κ2) is 13.6. The van der Waals surface area contributed by atoms with Gasteiger partial charge in [0.05, 0.1) is 11.1 Å². The summed E-state index contributed by atoms with van der Waals surface area (Å²) in [6.07, 6.45) is 0. The van der Waals surface area contributed by atoms with E-state index in [1.54, 1.807) is 0 Å². The summed E-state index contributed by atoms with van der Waals surface area (Å²) in [6, 6.07) is 58.4. The van der Waals surface area contributed by atoms with E-state index in [9.17, 15) is 0 Å². The van der Waals surface area contributed by atoms with Gasteiger partial charge in [0, 0.05) is 23.1 Å². The molecule has 0 aliphatic carbocycles. The van der Waals surface area contributed by atoms with E-state index in [-0.39, 0.29) is 0 Å². The van der Waals surface area contributed by atoms with Gasteiger partial charge in [0.1, 0.15) is 0 Å². The lowest BCUT2D eigenvalue weighted by Gasteiger charge is -2.40. The number of halogens is 2. The molecule has 44 heavy (non-hydrogen) atoms. The first-order chi connectivity index (χ1) is 21.7. The summed E-state index contributed by atoms with van der Waals surface area (Å²) in [5, 5.41) is 9.39. The van der Waals surface area contributed by atoms with Gasteiger partial charge in [0.15, 0.2) is 0 Å². The van der Waals surface area contributed by atoms with Crippen LogP contribution in [-0.2, 0) is 11.1 Å². The van der Waals surface area contributed by atoms with E-state index in [1.807, 2.05) is 48.5 Å². The third kappa shape index (κ3) is 5.70. The summed E-state index contributed by atoms with van der Waals surface area (Å²) >= 11 is 14.0. The smallest absolute Gasteiger partial charge is 0.0962 e. The van der Waals surface area contributed by atoms with Gasteiger partial charge in [-0.2, -0.15) is 0 Å². The van der Waals surface area contributed by atoms with E-state index in [1.165, 1.54) is 0 Å². The van der Waals surface area contributed by atoms with Crippen LogP contribution in [0.4, 0.5) is 0 Å². The van der Waals surface area contributed by atoms with Gasteiger partial charge in [0.2, 0.25) is 0 Å². The topological polar surface area (TPSA) is 24.1 Å². The SMILES string of the molecule is Clc1ccccc1C(NCCNC(c1ccccc1)(c1ccccc1)c1ccccc1Cl)(c1ccccc1)c1ccccc1. The third-order valence-electron chi connectivity index (χ3n) is 8.29. The Morgan fingerprint density at radius 3 is 0.864 bits per heavy atom. The molecular weight excluding hydrogens is 579 g/mol. The van der Waals surface area contributed by atoms with Crippen LogP contribution in [0.1, 0.15) is 33.4 Å². The number of benzene rings is 6. The number of rotatable bonds is 11. The standard InChI is InChI=1S/C40H34Cl2N2/c41-37-27-15-13-25-35(37)39(31-17-5-1-6-18-31,32-19-7-2-8-20-32)43-29-30-44-40(33-21-9-3-10-22-33,34-23-11-4-12-24-34)36-26-14-16-28-38(36)42/h1-28,43-44H,29-30H2. The van der Waals surface area contributed by atoms with Gasteiger partial charge in [-0.15, -0.1) is 0 Å². The summed E-state index contributed by atoms with van der Waals surface area (Å²) in [4.78, 5) is 0. The molecule has 0 amide bonds. The molecule has 218 valence electrons. The molecule has 6 rings (SSSR count). The highest BCUT2D eigenvalue weighted by Gasteiger charge is 2.39. The third-order valence-corrected chi connectivity index (χ3v) is 8.95. The van der Waals surface area contributed by atoms with Gasteiger partial charge in [-0.1, -0.05) is 181 Å². The quantitative estimate of drug-likeness (QED) is 0.112. The fourth-order valence-electron chi connectivity index (χ4n) is 6.34. The summed E-state index contributed by atoms with van der Waals surface area (Å²) in [5.41, 5.74) is 5.09. The van der Waals surface area contributed by atoms with Crippen LogP contribution in [0.15, 0.2) is 170 Å². The minimum atomic E-state index is -0.685. The molecule has 6 aromatic carbocycles. The van der Waals surface area contributed by atoms with Crippen LogP contribution in [0.5, 0.6) is 0 Å². The van der Waals surface area contributed by atoms with Crippen LogP contribution in [0.25, 0.3) is 0 Å². The zero-order chi connectivity index (χ0) is 30.2. The molecule has 0 saturated heterocycles. The van der Waals surface area contributed by atoms with Crippen LogP contribution >= 0.6 is 23.2 Å². The monoisotopic (exact) mass is 612 g/mol. The van der Waals surface area contributed by atoms with Crippen molar-refractivity contribution in [2.45, 2.75) is 11.1 Å². The Morgan fingerprint density at radius 1 is 0.341 bits per heavy atom. The van der Waals surface area contributed by atoms with Crippen molar-refractivity contribution in [3.63, 3.8) is 0 Å². The molecule has 0 heterocycles. The average molecular weight is 614 g/mol. The van der Waals surface area contributed by atoms with E-state index in [0.29, 0.717) is 23.1 Å². The zero-order valence-electron chi connectivity index (χ0n) is 24.3. The maximum Gasteiger partial charge on any atom is 0.0962 e. The van der Waals surface area contributed by atoms with Crippen molar-refractivity contribution in [1.82, 2.24) is 10.6 Å². The van der Waals surface area contributed by atoms with Gasteiger partial charge < -0.3 is 0 Å². The second-order valence-electron chi connectivity index (χ2n) is 10.8. The van der Waals surface area contributed by atoms with E-state index in [2.05, 4.69) is 132 Å². The summed E-state index contributed by atoms with van der Waals surface area (Å²) in [6.45, 7) is 1.25. The molecule has 0 bridgehead atoms. The molecule has 0 unspecified atom stereocenters. The van der Waals surface area contributed by atoms with E-state index < -0.39 is 11.1 Å². The van der Waals surface area contributed by atoms with Gasteiger partial charge in [-0.05, 0) is 45.5 Å². The Morgan fingerprint density at radius 2 is 0.591 bits per heavy atom. The fraction of sp³-hybridized carbons (Fsp3) is 0.100. The second-order valence-corrected chi connectivity index (χ2v) is 11.6. The average Bonchev–Trinajstić information content (AvgIpc) is 3.09. The first-order valence-corrected chi connectivity index (χ1v) is 15.6. The lowest BCUT2D eigenvalue weighted by Crippen LogP contribution is -2.51. The summed E-state index contributed by atoms with van der Waals surface area (Å²) in [7, 11) is 0. The van der Waals surface area contributed by atoms with Crippen molar-refractivity contribution in [3.05, 3.63) is 213 Å². The lowest BCUT2D eigenvalue weighted by atomic mass is 9.76. The van der Waals surface area contributed by atoms with E-state index in [4.69, 9.17) is 23.2 Å². The predicted octanol–water partition coefficient (Wildman–Crippen LogP) is 9.46. The molecule has 0 fully saturated rings. The van der Waals surface area contributed by atoms with Crippen LogP contribution < -0.4 is 10.6 Å². The molecule has 0 radical (unpaired) electrons. The summed E-state index contributed by atoms with van der Waals surface area (Å²) < 4.78 is 0. The Balaban J connectivity index is 1.44. The van der Waals surface area contributed by atoms with Gasteiger partial charge in [0.25, 0.3) is 0 Å². The molecular formula is C40H34Cl2N2. The predicted molar refractivity (Wildman–Crippen MR) is 184 cm³/mol. The normalized spacial score (nSPS) is 11.8. The van der Waals surface area contributed by atoms with Crippen molar-refractivity contribution in [3.8, 4) is 0 Å². The molecule has 4 heteroatoms. The molecule has 2 nitrogen and oxygen atoms in total. The van der Waals surface area contributed by atoms with Crippen molar-refractivity contribution in [2.24, 2.45) is 0 Å². The maximum atomic E-state index is 6.98. The first kappa shape index (κ1) is 29.9. The Bertz CT molecular complexity index is 1560. The highest BCUT2D eigenvalue weighted by atomic mass is 35.5. The van der Waals surface area contributed by atoms with Crippen LogP contribution in [0, 0.1) is 0 Å². The van der Waals surface area contributed by atoms with E-state index in [0.717, 1.165) is 33.4 Å². The van der Waals surface area contributed by atoms with Crippen LogP contribution in [0.3, 0.4) is 0 Å². The van der Waals surface area contributed by atoms with Crippen LogP contribution in [0.2, 0.25) is 10.0 Å². The largest absolute Gasteiger partial charge is 0.299 e. The van der Waals surface area contributed by atoms with Crippen molar-refractivity contribution < 1.29 is 0 Å². The summed E-state index contributed by atoms with van der Waals surface area (Å²) in [5.74, 6) is 0. The number of hydrogen-bond acceptors (Lipinski definition) is 2. The fourth-order valence-corrected chi connectivity index (χ4v) is 6.89. The van der Waals surface area contributed by atoms with E-state index >= 15 is 0 Å². The maximum absolute atomic E-state index is 6.98. The van der Waals surface area contributed by atoms with Gasteiger partial charge >= 0.3 is 0 Å². The minimum absolute atomic E-state index is 0.626. The van der Waals surface area contributed by atoms with Gasteiger partial charge in [-0.3, -0.25) is 10.6 Å². The Kier molecular flexibility index (Phi) is 9.26. The molecule has 6 aromatic rings. The molecule has 0 atom stereocenters. The highest BCUT2D eigenvalue weighted by Crippen LogP contribution is 2.42. The highest BCUT2D eigenvalue weighted by molar-refractivity contribution is 6.32. The lowest BCUT2D eigenvalue weighted by molar-refractivity contribution is 0.421. The Labute approximate surface area is 270 Å². The number of nitrogens with one attached hydrogen (secondary N) is 2. The van der Waals surface area contributed by atoms with Gasteiger partial charge in [-0.25, -0.2) is 0 Å². The zero-order valence-corrected chi connectivity index (χ0v) is 25.8. The minimum Gasteiger partial charge on any atom is -0.299 e. The molecule has 0 spiro atoms. The number of hydrogen-bond donors (Lipinski definition) is 2. The van der Waals surface area contributed by atoms with Crippen molar-refractivity contribution in [1.29, 1.82) is 0 Å².